The van der Waals surface area contributed by atoms with E-state index in [-0.39, 0.29) is 11.2 Å². The monoisotopic (exact) mass is 236 g/mol. The lowest BCUT2D eigenvalue weighted by molar-refractivity contribution is -0.116. The van der Waals surface area contributed by atoms with Crippen LogP contribution in [-0.4, -0.2) is 5.78 Å². The van der Waals surface area contributed by atoms with Crippen molar-refractivity contribution in [3.8, 4) is 0 Å². The summed E-state index contributed by atoms with van der Waals surface area (Å²) in [6.45, 7) is 14.2. The first-order valence-electron chi connectivity index (χ1n) is 6.60. The van der Waals surface area contributed by atoms with Gasteiger partial charge >= 0.3 is 0 Å². The molecule has 1 aliphatic carbocycles. The summed E-state index contributed by atoms with van der Waals surface area (Å²) in [5, 5.41) is 0. The van der Waals surface area contributed by atoms with Gasteiger partial charge in [-0.25, -0.2) is 0 Å². The Labute approximate surface area is 107 Å². The lowest BCUT2D eigenvalue weighted by Crippen LogP contribution is -2.21. The van der Waals surface area contributed by atoms with E-state index in [0.29, 0.717) is 6.42 Å². The van der Waals surface area contributed by atoms with Gasteiger partial charge in [0.2, 0.25) is 0 Å². The van der Waals surface area contributed by atoms with Crippen LogP contribution >= 0.6 is 0 Å². The minimum absolute atomic E-state index is 0.00859. The van der Waals surface area contributed by atoms with Gasteiger partial charge in [-0.3, -0.25) is 4.79 Å². The first-order chi connectivity index (χ1) is 8.06. The van der Waals surface area contributed by atoms with Crippen molar-refractivity contribution in [2.45, 2.75) is 54.9 Å². The minimum atomic E-state index is -0.00859. The summed E-state index contributed by atoms with van der Waals surface area (Å²) in [5.41, 5.74) is 1.22. The van der Waals surface area contributed by atoms with Crippen LogP contribution in [0.2, 0.25) is 0 Å². The van der Waals surface area contributed by atoms with Gasteiger partial charge in [-0.15, -0.1) is 0 Å². The zero-order chi connectivity index (χ0) is 13.9. The molecule has 0 N–H and O–H groups in total. The fourth-order valence-corrected chi connectivity index (χ4v) is 1.49. The van der Waals surface area contributed by atoms with E-state index < -0.39 is 0 Å². The highest BCUT2D eigenvalue weighted by Gasteiger charge is 2.26. The molecule has 98 valence electrons. The third kappa shape index (κ3) is 6.93. The van der Waals surface area contributed by atoms with E-state index in [1.54, 1.807) is 6.08 Å². The molecule has 0 aromatic heterocycles. The number of rotatable bonds is 1. The van der Waals surface area contributed by atoms with E-state index in [9.17, 15) is 4.79 Å². The quantitative estimate of drug-likeness (QED) is 0.619. The Kier molecular flexibility index (Phi) is 10.8. The molecule has 1 nitrogen and oxygen atoms in total. The Morgan fingerprint density at radius 2 is 1.65 bits per heavy atom. The molecule has 1 aliphatic rings. The van der Waals surface area contributed by atoms with Gasteiger partial charge < -0.3 is 0 Å². The van der Waals surface area contributed by atoms with E-state index in [1.807, 2.05) is 52.8 Å². The van der Waals surface area contributed by atoms with Crippen LogP contribution < -0.4 is 0 Å². The van der Waals surface area contributed by atoms with Crippen molar-refractivity contribution in [1.82, 2.24) is 0 Å². The Morgan fingerprint density at radius 3 is 2.06 bits per heavy atom. The number of hydrogen-bond acceptors (Lipinski definition) is 1. The molecule has 0 aromatic carbocycles. The second kappa shape index (κ2) is 10.1. The van der Waals surface area contributed by atoms with Gasteiger partial charge in [-0.05, 0) is 24.0 Å². The fraction of sp³-hybridized carbons (Fsp3) is 0.562. The predicted molar refractivity (Wildman–Crippen MR) is 78.1 cm³/mol. The van der Waals surface area contributed by atoms with Gasteiger partial charge in [0.15, 0.2) is 5.78 Å². The molecular formula is C16H28O. The van der Waals surface area contributed by atoms with Crippen molar-refractivity contribution in [3.63, 3.8) is 0 Å². The van der Waals surface area contributed by atoms with Crippen LogP contribution in [0.1, 0.15) is 54.9 Å². The maximum absolute atomic E-state index is 11.2. The summed E-state index contributed by atoms with van der Waals surface area (Å²) >= 11 is 0. The highest BCUT2D eigenvalue weighted by Crippen LogP contribution is 2.34. The third-order valence-corrected chi connectivity index (χ3v) is 2.31. The second-order valence-corrected chi connectivity index (χ2v) is 4.01. The molecule has 17 heavy (non-hydrogen) atoms. The average molecular weight is 236 g/mol. The average Bonchev–Trinajstić information content (AvgIpc) is 2.32. The molecule has 0 aliphatic heterocycles. The smallest absolute Gasteiger partial charge is 0.156 e. The molecule has 0 saturated heterocycles. The van der Waals surface area contributed by atoms with Crippen molar-refractivity contribution in [2.24, 2.45) is 5.41 Å². The van der Waals surface area contributed by atoms with Crippen LogP contribution in [0.3, 0.4) is 0 Å². The highest BCUT2D eigenvalue weighted by atomic mass is 16.1. The van der Waals surface area contributed by atoms with E-state index in [0.717, 1.165) is 0 Å². The molecule has 0 bridgehead atoms. The van der Waals surface area contributed by atoms with Gasteiger partial charge in [0.05, 0.1) is 0 Å². The summed E-state index contributed by atoms with van der Waals surface area (Å²) in [6, 6.07) is 0. The summed E-state index contributed by atoms with van der Waals surface area (Å²) < 4.78 is 0. The van der Waals surface area contributed by atoms with Gasteiger partial charge in [0.1, 0.15) is 0 Å². The number of ketones is 1. The van der Waals surface area contributed by atoms with Crippen molar-refractivity contribution in [1.29, 1.82) is 0 Å². The first kappa shape index (κ1) is 18.3. The first-order valence-corrected chi connectivity index (χ1v) is 6.60. The van der Waals surface area contributed by atoms with E-state index >= 15 is 0 Å². The maximum Gasteiger partial charge on any atom is 0.156 e. The van der Waals surface area contributed by atoms with Crippen molar-refractivity contribution in [3.05, 3.63) is 36.0 Å². The van der Waals surface area contributed by atoms with Crippen LogP contribution in [0.15, 0.2) is 36.0 Å². The Balaban J connectivity index is 0. The molecule has 1 heteroatoms. The number of carbonyl (C=O) groups is 1. The van der Waals surface area contributed by atoms with Crippen LogP contribution in [0.25, 0.3) is 0 Å². The van der Waals surface area contributed by atoms with E-state index in [1.165, 1.54) is 5.57 Å². The van der Waals surface area contributed by atoms with Crippen molar-refractivity contribution < 1.29 is 4.79 Å². The standard InChI is InChI=1S/C12H16O.2C2H6/c1-4-5-6-10-7-8-11(13)9-12(10,2)3;2*1-2/h4-8H,9H2,1-3H3;2*1-2H3/b5-4+,10-6+;;. The van der Waals surface area contributed by atoms with Crippen LogP contribution in [-0.2, 0) is 4.79 Å². The summed E-state index contributed by atoms with van der Waals surface area (Å²) in [6.07, 6.45) is 10.3. The summed E-state index contributed by atoms with van der Waals surface area (Å²) in [5.74, 6) is 0.225. The third-order valence-electron chi connectivity index (χ3n) is 2.31. The number of allylic oxidation sites excluding steroid dienone is 6. The van der Waals surface area contributed by atoms with Crippen LogP contribution in [0, 0.1) is 5.41 Å². The largest absolute Gasteiger partial charge is 0.295 e. The number of hydrogen-bond donors (Lipinski definition) is 0. The lowest BCUT2D eigenvalue weighted by atomic mass is 9.76. The zero-order valence-corrected chi connectivity index (χ0v) is 12.5. The Hall–Kier alpha value is -1.11. The molecule has 0 fully saturated rings. The van der Waals surface area contributed by atoms with Gasteiger partial charge in [0, 0.05) is 6.42 Å². The molecule has 0 amide bonds. The van der Waals surface area contributed by atoms with Crippen molar-refractivity contribution in [2.75, 3.05) is 0 Å². The molecule has 0 unspecified atom stereocenters. The van der Waals surface area contributed by atoms with Gasteiger partial charge in [-0.2, -0.15) is 0 Å². The van der Waals surface area contributed by atoms with Crippen LogP contribution in [0.4, 0.5) is 0 Å². The highest BCUT2D eigenvalue weighted by molar-refractivity contribution is 5.92. The second-order valence-electron chi connectivity index (χ2n) is 4.01. The Bertz CT molecular complexity index is 291. The normalized spacial score (nSPS) is 19.5. The molecule has 0 radical (unpaired) electrons. The van der Waals surface area contributed by atoms with Crippen molar-refractivity contribution >= 4 is 5.78 Å². The van der Waals surface area contributed by atoms with Gasteiger partial charge in [-0.1, -0.05) is 65.8 Å². The summed E-state index contributed by atoms with van der Waals surface area (Å²) in [7, 11) is 0. The minimum Gasteiger partial charge on any atom is -0.295 e. The molecule has 0 aromatic rings. The molecule has 0 saturated carbocycles. The molecule has 0 spiro atoms. The van der Waals surface area contributed by atoms with E-state index in [2.05, 4.69) is 19.9 Å². The molecule has 0 atom stereocenters. The molecule has 1 rings (SSSR count). The lowest BCUT2D eigenvalue weighted by Gasteiger charge is -2.27. The summed E-state index contributed by atoms with van der Waals surface area (Å²) in [4.78, 5) is 11.2. The van der Waals surface area contributed by atoms with Gasteiger partial charge in [0.25, 0.3) is 0 Å². The topological polar surface area (TPSA) is 17.1 Å². The SMILES string of the molecule is C/C=C/C=C1\C=CC(=O)CC1(C)C.CC.CC. The van der Waals surface area contributed by atoms with Crippen LogP contribution in [0.5, 0.6) is 0 Å². The Morgan fingerprint density at radius 1 is 1.12 bits per heavy atom. The molecular weight excluding hydrogens is 208 g/mol. The van der Waals surface area contributed by atoms with E-state index in [4.69, 9.17) is 0 Å². The zero-order valence-electron chi connectivity index (χ0n) is 12.5. The molecule has 0 heterocycles. The predicted octanol–water partition coefficient (Wildman–Crippen LogP) is 5.10. The fourth-order valence-electron chi connectivity index (χ4n) is 1.49. The number of carbonyl (C=O) groups excluding carboxylic acids is 1. The maximum atomic E-state index is 11.2.